The minimum absolute atomic E-state index is 0.132. The quantitative estimate of drug-likeness (QED) is 0.455. The molecule has 0 aliphatic heterocycles. The van der Waals surface area contributed by atoms with E-state index in [1.165, 1.54) is 11.2 Å². The van der Waals surface area contributed by atoms with Crippen molar-refractivity contribution >= 4 is 24.0 Å². The van der Waals surface area contributed by atoms with Gasteiger partial charge in [0.15, 0.2) is 0 Å². The monoisotopic (exact) mass is 437 g/mol. The molecule has 11 heteroatoms. The molecule has 0 radical (unpaired) electrons. The summed E-state index contributed by atoms with van der Waals surface area (Å²) >= 11 is 0. The minimum Gasteiger partial charge on any atom is -0.480 e. The Morgan fingerprint density at radius 1 is 1.06 bits per heavy atom. The lowest BCUT2D eigenvalue weighted by Crippen LogP contribution is -2.32. The number of pyridine rings is 1. The number of aromatic nitrogens is 4. The third-order valence-electron chi connectivity index (χ3n) is 4.26. The van der Waals surface area contributed by atoms with Gasteiger partial charge in [0.25, 0.3) is 0 Å². The van der Waals surface area contributed by atoms with Crippen molar-refractivity contribution in [1.29, 1.82) is 0 Å². The molecule has 0 aliphatic carbocycles. The summed E-state index contributed by atoms with van der Waals surface area (Å²) in [6, 6.07) is 11.2. The fourth-order valence-electron chi connectivity index (χ4n) is 2.60. The molecule has 0 saturated heterocycles. The number of aliphatic carboxylic acids is 1. The average molecular weight is 437 g/mol. The predicted molar refractivity (Wildman–Crippen MR) is 116 cm³/mol. The first-order chi connectivity index (χ1) is 15.4. The first-order valence-electron chi connectivity index (χ1n) is 9.71. The zero-order valence-corrected chi connectivity index (χ0v) is 17.6. The van der Waals surface area contributed by atoms with Crippen molar-refractivity contribution in [3.05, 3.63) is 66.2 Å². The molecule has 1 amide bonds. The number of hydrogen-bond donors (Lipinski definition) is 3. The molecule has 32 heavy (non-hydrogen) atoms. The number of nitrogens with one attached hydrogen (secondary N) is 2. The van der Waals surface area contributed by atoms with Gasteiger partial charge in [-0.1, -0.05) is 18.2 Å². The van der Waals surface area contributed by atoms with Gasteiger partial charge in [-0.3, -0.25) is 4.98 Å². The number of carboxylic acid groups (broad SMARTS) is 1. The van der Waals surface area contributed by atoms with E-state index in [-0.39, 0.29) is 12.4 Å². The third-order valence-corrected chi connectivity index (χ3v) is 4.26. The Morgan fingerprint density at radius 2 is 1.81 bits per heavy atom. The van der Waals surface area contributed by atoms with Crippen LogP contribution in [0.4, 0.5) is 16.7 Å². The summed E-state index contributed by atoms with van der Waals surface area (Å²) in [5.74, 6) is -0.262. The zero-order chi connectivity index (χ0) is 22.9. The molecule has 1 aromatic carbocycles. The number of hydrogen-bond acceptors (Lipinski definition) is 9. The molecule has 3 aromatic rings. The lowest BCUT2D eigenvalue weighted by molar-refractivity contribution is -0.137. The van der Waals surface area contributed by atoms with E-state index in [1.54, 1.807) is 44.6 Å². The van der Waals surface area contributed by atoms with Gasteiger partial charge in [-0.2, -0.15) is 4.98 Å². The maximum Gasteiger partial charge on any atom is 0.414 e. The number of carboxylic acids is 1. The Hall–Kier alpha value is -4.28. The second-order valence-electron chi connectivity index (χ2n) is 6.95. The van der Waals surface area contributed by atoms with Gasteiger partial charge >= 0.3 is 12.1 Å². The van der Waals surface area contributed by atoms with Crippen LogP contribution in [-0.4, -0.2) is 62.1 Å². The summed E-state index contributed by atoms with van der Waals surface area (Å²) in [7, 11) is 3.17. The number of carbonyl (C=O) groups is 2. The standard InChI is InChI=1S/C21H23N7O4/c1-28(2)21(31)32-16-8-6-14(7-9-16)11-17(18(29)30)26-20-25-13-24-19(27-20)23-12-15-5-3-4-10-22-15/h3-10,13,17H,11-12H2,1-2H3,(H,29,30)(H2,23,24,25,26,27)/t17-/m0/s1. The summed E-state index contributed by atoms with van der Waals surface area (Å²) in [6.45, 7) is 0.414. The number of carbonyl (C=O) groups excluding carboxylic acids is 1. The predicted octanol–water partition coefficient (Wildman–Crippen LogP) is 2.05. The zero-order valence-electron chi connectivity index (χ0n) is 17.6. The largest absolute Gasteiger partial charge is 0.480 e. The number of ether oxygens (including phenoxy) is 1. The summed E-state index contributed by atoms with van der Waals surface area (Å²) in [6.07, 6.45) is 2.65. The molecule has 2 aromatic heterocycles. The van der Waals surface area contributed by atoms with Crippen molar-refractivity contribution in [1.82, 2.24) is 24.8 Å². The Bertz CT molecular complexity index is 1050. The lowest BCUT2D eigenvalue weighted by Gasteiger charge is -2.15. The fourth-order valence-corrected chi connectivity index (χ4v) is 2.60. The summed E-state index contributed by atoms with van der Waals surface area (Å²) in [5, 5.41) is 15.5. The number of amides is 1. The second kappa shape index (κ2) is 10.7. The number of anilines is 2. The van der Waals surface area contributed by atoms with Crippen molar-refractivity contribution in [2.24, 2.45) is 0 Å². The molecular weight excluding hydrogens is 414 g/mol. The summed E-state index contributed by atoms with van der Waals surface area (Å²) in [5.41, 5.74) is 1.54. The van der Waals surface area contributed by atoms with E-state index in [0.29, 0.717) is 18.2 Å². The first kappa shape index (κ1) is 22.4. The maximum absolute atomic E-state index is 11.8. The topological polar surface area (TPSA) is 142 Å². The highest BCUT2D eigenvalue weighted by Crippen LogP contribution is 2.16. The van der Waals surface area contributed by atoms with Crippen LogP contribution in [0.3, 0.4) is 0 Å². The SMILES string of the molecule is CN(C)C(=O)Oc1ccc(C[C@H](Nc2ncnc(NCc3ccccn3)n2)C(=O)O)cc1. The molecule has 11 nitrogen and oxygen atoms in total. The molecule has 3 rings (SSSR count). The van der Waals surface area contributed by atoms with Crippen LogP contribution >= 0.6 is 0 Å². The van der Waals surface area contributed by atoms with Crippen molar-refractivity contribution < 1.29 is 19.4 Å². The molecule has 0 bridgehead atoms. The molecule has 3 N–H and O–H groups in total. The molecule has 2 heterocycles. The molecular formula is C21H23N7O4. The van der Waals surface area contributed by atoms with Crippen LogP contribution < -0.4 is 15.4 Å². The van der Waals surface area contributed by atoms with Gasteiger partial charge in [0, 0.05) is 26.7 Å². The van der Waals surface area contributed by atoms with E-state index in [1.807, 2.05) is 18.2 Å². The second-order valence-corrected chi connectivity index (χ2v) is 6.95. The highest BCUT2D eigenvalue weighted by molar-refractivity contribution is 5.77. The molecule has 0 spiro atoms. The van der Waals surface area contributed by atoms with Gasteiger partial charge < -0.3 is 25.4 Å². The van der Waals surface area contributed by atoms with Gasteiger partial charge in [0.2, 0.25) is 11.9 Å². The average Bonchev–Trinajstić information content (AvgIpc) is 2.79. The normalized spacial score (nSPS) is 11.3. The Kier molecular flexibility index (Phi) is 7.46. The van der Waals surface area contributed by atoms with E-state index in [4.69, 9.17) is 4.74 Å². The first-order valence-corrected chi connectivity index (χ1v) is 9.71. The van der Waals surface area contributed by atoms with Crippen molar-refractivity contribution in [3.8, 4) is 5.75 Å². The molecule has 0 aliphatic rings. The van der Waals surface area contributed by atoms with Crippen molar-refractivity contribution in [2.45, 2.75) is 19.0 Å². The highest BCUT2D eigenvalue weighted by Gasteiger charge is 2.19. The van der Waals surface area contributed by atoms with Crippen molar-refractivity contribution in [2.75, 3.05) is 24.7 Å². The van der Waals surface area contributed by atoms with Gasteiger partial charge in [0.05, 0.1) is 12.2 Å². The molecule has 0 saturated carbocycles. The highest BCUT2D eigenvalue weighted by atomic mass is 16.6. The lowest BCUT2D eigenvalue weighted by atomic mass is 10.1. The molecule has 0 fully saturated rings. The van der Waals surface area contributed by atoms with Crippen LogP contribution in [0.5, 0.6) is 5.75 Å². The van der Waals surface area contributed by atoms with Crippen molar-refractivity contribution in [3.63, 3.8) is 0 Å². The Morgan fingerprint density at radius 3 is 2.47 bits per heavy atom. The van der Waals surface area contributed by atoms with Crippen LogP contribution in [0.2, 0.25) is 0 Å². The number of benzene rings is 1. The molecule has 166 valence electrons. The van der Waals surface area contributed by atoms with Gasteiger partial charge in [-0.15, -0.1) is 0 Å². The van der Waals surface area contributed by atoms with E-state index >= 15 is 0 Å². The van der Waals surface area contributed by atoms with Crippen LogP contribution in [0.25, 0.3) is 0 Å². The van der Waals surface area contributed by atoms with E-state index in [2.05, 4.69) is 30.6 Å². The Labute approximate surface area is 184 Å². The van der Waals surface area contributed by atoms with Crippen LogP contribution in [0.15, 0.2) is 55.0 Å². The minimum atomic E-state index is -1.06. The molecule has 1 atom stereocenters. The smallest absolute Gasteiger partial charge is 0.414 e. The van der Waals surface area contributed by atoms with Gasteiger partial charge in [0.1, 0.15) is 18.1 Å². The maximum atomic E-state index is 11.8. The summed E-state index contributed by atoms with van der Waals surface area (Å²) in [4.78, 5) is 41.2. The van der Waals surface area contributed by atoms with Crippen LogP contribution in [-0.2, 0) is 17.8 Å². The fraction of sp³-hybridized carbons (Fsp3) is 0.238. The number of rotatable bonds is 9. The van der Waals surface area contributed by atoms with Crippen LogP contribution in [0, 0.1) is 0 Å². The van der Waals surface area contributed by atoms with Crippen LogP contribution in [0.1, 0.15) is 11.3 Å². The van der Waals surface area contributed by atoms with Gasteiger partial charge in [-0.25, -0.2) is 19.6 Å². The van der Waals surface area contributed by atoms with E-state index in [9.17, 15) is 14.7 Å². The number of nitrogens with zero attached hydrogens (tertiary/aromatic N) is 5. The van der Waals surface area contributed by atoms with E-state index in [0.717, 1.165) is 11.3 Å². The molecule has 0 unspecified atom stereocenters. The van der Waals surface area contributed by atoms with Gasteiger partial charge in [-0.05, 0) is 29.8 Å². The summed E-state index contributed by atoms with van der Waals surface area (Å²) < 4.78 is 5.16. The Balaban J connectivity index is 1.61. The third kappa shape index (κ3) is 6.62. The van der Waals surface area contributed by atoms with E-state index < -0.39 is 18.1 Å².